The van der Waals surface area contributed by atoms with Gasteiger partial charge in [0.1, 0.15) is 17.0 Å². The van der Waals surface area contributed by atoms with E-state index in [1.165, 1.54) is 0 Å². The number of nitrogens with zero attached hydrogens (tertiary/aromatic N) is 3. The summed E-state index contributed by atoms with van der Waals surface area (Å²) in [5, 5.41) is 0.931. The normalized spacial score (nSPS) is 14.4. The van der Waals surface area contributed by atoms with E-state index in [-0.39, 0.29) is 5.91 Å². The van der Waals surface area contributed by atoms with Crippen molar-refractivity contribution >= 4 is 46.2 Å². The third kappa shape index (κ3) is 4.17. The van der Waals surface area contributed by atoms with Gasteiger partial charge in [0.15, 0.2) is 0 Å². The monoisotopic (exact) mass is 585 g/mol. The molecule has 0 aliphatic carbocycles. The van der Waals surface area contributed by atoms with E-state index in [1.807, 2.05) is 35.2 Å². The Bertz CT molecular complexity index is 1560. The van der Waals surface area contributed by atoms with Gasteiger partial charge in [-0.2, -0.15) is 0 Å². The second-order valence-corrected chi connectivity index (χ2v) is 11.2. The lowest BCUT2D eigenvalue weighted by molar-refractivity contribution is 0.0986. The van der Waals surface area contributed by atoms with Crippen LogP contribution in [0.3, 0.4) is 0 Å². The molecule has 0 saturated carbocycles. The second kappa shape index (κ2) is 10.6. The third-order valence-corrected chi connectivity index (χ3v) is 8.81. The van der Waals surface area contributed by atoms with Crippen LogP contribution in [-0.2, 0) is 5.54 Å². The molecule has 2 aliphatic rings. The summed E-state index contributed by atoms with van der Waals surface area (Å²) in [6, 6.07) is 25.8. The first-order valence-corrected chi connectivity index (χ1v) is 15.0. The molecule has 0 atom stereocenters. The van der Waals surface area contributed by atoms with Gasteiger partial charge in [-0.25, -0.2) is 0 Å². The lowest BCUT2D eigenvalue weighted by Gasteiger charge is -2.44. The molecule has 5 nitrogen and oxygen atoms in total. The Morgan fingerprint density at radius 1 is 0.683 bits per heavy atom. The molecule has 0 fully saturated rings. The van der Waals surface area contributed by atoms with Crippen molar-refractivity contribution in [3.05, 3.63) is 111 Å². The number of fused-ring (bicyclic) bond motifs is 6. The van der Waals surface area contributed by atoms with Gasteiger partial charge >= 0.3 is 0 Å². The molecular weight excluding hydrogens is 553 g/mol. The first-order valence-electron chi connectivity index (χ1n) is 14.2. The van der Waals surface area contributed by atoms with E-state index in [0.717, 1.165) is 65.7 Å². The maximum Gasteiger partial charge on any atom is 0.260 e. The maximum absolute atomic E-state index is 14.4. The van der Waals surface area contributed by atoms with E-state index in [4.69, 9.17) is 27.9 Å². The molecule has 1 spiro atoms. The van der Waals surface area contributed by atoms with Gasteiger partial charge in [-0.05, 0) is 64.1 Å². The largest absolute Gasteiger partial charge is 0.456 e. The molecule has 2 aliphatic heterocycles. The number of ether oxygens (including phenoxy) is 1. The molecule has 6 rings (SSSR count). The Morgan fingerprint density at radius 3 is 1.71 bits per heavy atom. The number of hydrogen-bond donors (Lipinski definition) is 0. The fourth-order valence-corrected chi connectivity index (χ4v) is 7.03. The summed E-state index contributed by atoms with van der Waals surface area (Å²) < 4.78 is 6.76. The van der Waals surface area contributed by atoms with Crippen molar-refractivity contribution in [1.82, 2.24) is 0 Å². The lowest BCUT2D eigenvalue weighted by Crippen LogP contribution is -2.47. The predicted octanol–water partition coefficient (Wildman–Crippen LogP) is 8.74. The third-order valence-electron chi connectivity index (χ3n) is 8.38. The van der Waals surface area contributed by atoms with Crippen LogP contribution in [0.25, 0.3) is 0 Å². The minimum Gasteiger partial charge on any atom is -0.456 e. The fourth-order valence-electron chi connectivity index (χ4n) is 6.51. The molecule has 41 heavy (non-hydrogen) atoms. The van der Waals surface area contributed by atoms with Gasteiger partial charge < -0.3 is 14.5 Å². The van der Waals surface area contributed by atoms with E-state index in [2.05, 4.69) is 80.0 Å². The van der Waals surface area contributed by atoms with Crippen LogP contribution in [0.4, 0.5) is 17.1 Å². The molecule has 1 amide bonds. The molecule has 0 unspecified atom stereocenters. The van der Waals surface area contributed by atoms with Crippen molar-refractivity contribution in [1.29, 1.82) is 0 Å². The van der Waals surface area contributed by atoms with Crippen molar-refractivity contribution in [3.8, 4) is 11.5 Å². The van der Waals surface area contributed by atoms with E-state index in [9.17, 15) is 4.79 Å². The number of halogens is 2. The van der Waals surface area contributed by atoms with Crippen LogP contribution in [0.15, 0.2) is 78.9 Å². The average Bonchev–Trinajstić information content (AvgIpc) is 3.22. The molecule has 210 valence electrons. The SMILES string of the molecule is CCN(CC)c1ccc2c(c1)Oc1cc(N(CC)CC)ccc1C21c2ccccc2C(=O)N1c1cc(Cl)cc(Cl)c1. The molecule has 0 radical (unpaired) electrons. The molecule has 4 aromatic rings. The van der Waals surface area contributed by atoms with Crippen LogP contribution in [0.5, 0.6) is 11.5 Å². The van der Waals surface area contributed by atoms with Gasteiger partial charge in [-0.3, -0.25) is 9.69 Å². The summed E-state index contributed by atoms with van der Waals surface area (Å²) in [7, 11) is 0. The number of carbonyl (C=O) groups excluding carboxylic acids is 1. The van der Waals surface area contributed by atoms with E-state index >= 15 is 0 Å². The van der Waals surface area contributed by atoms with Crippen LogP contribution in [0.2, 0.25) is 10.0 Å². The van der Waals surface area contributed by atoms with Crippen LogP contribution in [-0.4, -0.2) is 32.1 Å². The van der Waals surface area contributed by atoms with Crippen molar-refractivity contribution in [2.45, 2.75) is 33.2 Å². The van der Waals surface area contributed by atoms with Crippen molar-refractivity contribution in [3.63, 3.8) is 0 Å². The van der Waals surface area contributed by atoms with Crippen molar-refractivity contribution < 1.29 is 9.53 Å². The van der Waals surface area contributed by atoms with Gasteiger partial charge in [-0.1, -0.05) is 53.5 Å². The highest BCUT2D eigenvalue weighted by atomic mass is 35.5. The number of carbonyl (C=O) groups is 1. The summed E-state index contributed by atoms with van der Waals surface area (Å²) >= 11 is 13.1. The fraction of sp³-hybridized carbons (Fsp3) is 0.265. The number of hydrogen-bond acceptors (Lipinski definition) is 4. The standard InChI is InChI=1S/C34H33Cl2N3O2/c1-5-37(6-2)24-13-15-29-31(20-24)41-32-21-25(38(7-3)8-4)14-16-30(32)34(29)28-12-10-9-11-27(28)33(40)39(34)26-18-22(35)17-23(36)19-26/h9-21H,5-8H2,1-4H3. The second-order valence-electron chi connectivity index (χ2n) is 10.3. The van der Waals surface area contributed by atoms with Gasteiger partial charge in [0, 0.05) is 87.7 Å². The average molecular weight is 587 g/mol. The highest BCUT2D eigenvalue weighted by Crippen LogP contribution is 2.59. The highest BCUT2D eigenvalue weighted by molar-refractivity contribution is 6.35. The van der Waals surface area contributed by atoms with Crippen LogP contribution >= 0.6 is 23.2 Å². The number of anilines is 3. The predicted molar refractivity (Wildman–Crippen MR) is 170 cm³/mol. The van der Waals surface area contributed by atoms with Crippen LogP contribution in [0.1, 0.15) is 54.7 Å². The zero-order chi connectivity index (χ0) is 28.9. The lowest BCUT2D eigenvalue weighted by atomic mass is 9.74. The molecule has 0 N–H and O–H groups in total. The first-order chi connectivity index (χ1) is 19.9. The summed E-state index contributed by atoms with van der Waals surface area (Å²) in [5.74, 6) is 1.33. The van der Waals surface area contributed by atoms with E-state index < -0.39 is 5.54 Å². The van der Waals surface area contributed by atoms with Crippen LogP contribution < -0.4 is 19.4 Å². The Hall–Kier alpha value is -3.67. The van der Waals surface area contributed by atoms with Gasteiger partial charge in [0.05, 0.1) is 0 Å². The number of benzene rings is 4. The minimum absolute atomic E-state index is 0.113. The number of rotatable bonds is 7. The maximum atomic E-state index is 14.4. The Labute approximate surface area is 251 Å². The minimum atomic E-state index is -0.992. The quantitative estimate of drug-likeness (QED) is 0.217. The molecule has 0 saturated heterocycles. The zero-order valence-corrected chi connectivity index (χ0v) is 25.3. The highest BCUT2D eigenvalue weighted by Gasteiger charge is 2.57. The summed E-state index contributed by atoms with van der Waals surface area (Å²) in [6.45, 7) is 12.1. The van der Waals surface area contributed by atoms with E-state index in [0.29, 0.717) is 21.3 Å². The van der Waals surface area contributed by atoms with Gasteiger partial charge in [0.2, 0.25) is 0 Å². The van der Waals surface area contributed by atoms with Gasteiger partial charge in [0.25, 0.3) is 5.91 Å². The Kier molecular flexibility index (Phi) is 7.13. The van der Waals surface area contributed by atoms with Crippen LogP contribution in [0, 0.1) is 0 Å². The molecule has 2 heterocycles. The number of amides is 1. The first kappa shape index (κ1) is 27.5. The molecule has 4 aromatic carbocycles. The molecule has 0 aromatic heterocycles. The summed E-state index contributed by atoms with van der Waals surface area (Å²) in [4.78, 5) is 20.9. The topological polar surface area (TPSA) is 36.0 Å². The zero-order valence-electron chi connectivity index (χ0n) is 23.7. The van der Waals surface area contributed by atoms with Crippen molar-refractivity contribution in [2.24, 2.45) is 0 Å². The van der Waals surface area contributed by atoms with E-state index in [1.54, 1.807) is 6.07 Å². The summed E-state index contributed by atoms with van der Waals surface area (Å²) in [6.07, 6.45) is 0. The molecule has 0 bridgehead atoms. The van der Waals surface area contributed by atoms with Crippen molar-refractivity contribution in [2.75, 3.05) is 40.9 Å². The molecule has 7 heteroatoms. The summed E-state index contributed by atoms with van der Waals surface area (Å²) in [5.41, 5.74) is 5.11. The Morgan fingerprint density at radius 2 is 1.20 bits per heavy atom. The molecular formula is C34H33Cl2N3O2. The van der Waals surface area contributed by atoms with Gasteiger partial charge in [-0.15, -0.1) is 0 Å². The smallest absolute Gasteiger partial charge is 0.260 e. The Balaban J connectivity index is 1.71.